The lowest BCUT2D eigenvalue weighted by Gasteiger charge is -2.35. The van der Waals surface area contributed by atoms with Crippen LogP contribution in [0.1, 0.15) is 72.6 Å². The van der Waals surface area contributed by atoms with E-state index in [2.05, 4.69) is 50.4 Å². The van der Waals surface area contributed by atoms with E-state index in [1.54, 1.807) is 36.3 Å². The molecule has 4 aromatic carbocycles. The van der Waals surface area contributed by atoms with E-state index in [1.807, 2.05) is 48.5 Å². The van der Waals surface area contributed by atoms with Crippen molar-refractivity contribution in [1.29, 1.82) is 0 Å². The monoisotopic (exact) mass is 590 g/mol. The van der Waals surface area contributed by atoms with Crippen LogP contribution < -0.4 is 15.0 Å². The van der Waals surface area contributed by atoms with Gasteiger partial charge in [-0.3, -0.25) is 14.5 Å². The Kier molecular flexibility index (Phi) is 7.61. The first-order valence-corrected chi connectivity index (χ1v) is 15.0. The van der Waals surface area contributed by atoms with Gasteiger partial charge in [-0.15, -0.1) is 0 Å². The minimum Gasteiger partial charge on any atom is -0.497 e. The van der Waals surface area contributed by atoms with Crippen molar-refractivity contribution < 1.29 is 14.3 Å². The fourth-order valence-corrected chi connectivity index (χ4v) is 6.41. The molecule has 4 aromatic rings. The summed E-state index contributed by atoms with van der Waals surface area (Å²) in [5, 5.41) is 4.10. The van der Waals surface area contributed by atoms with Crippen LogP contribution in [0.15, 0.2) is 108 Å². The minimum absolute atomic E-state index is 0.00362. The summed E-state index contributed by atoms with van der Waals surface area (Å²) in [6.07, 6.45) is 0.979. The summed E-state index contributed by atoms with van der Waals surface area (Å²) in [5.41, 5.74) is 6.47. The van der Waals surface area contributed by atoms with E-state index in [9.17, 15) is 9.59 Å². The molecule has 218 valence electrons. The van der Waals surface area contributed by atoms with E-state index in [0.717, 1.165) is 16.9 Å². The molecule has 6 heteroatoms. The second-order valence-electron chi connectivity index (χ2n) is 12.3. The first kappa shape index (κ1) is 28.8. The maximum absolute atomic E-state index is 14.5. The van der Waals surface area contributed by atoms with Crippen LogP contribution in [-0.4, -0.2) is 18.8 Å². The molecule has 0 saturated heterocycles. The molecule has 2 atom stereocenters. The second kappa shape index (κ2) is 11.4. The molecule has 0 unspecified atom stereocenters. The number of anilines is 2. The normalized spacial score (nSPS) is 18.3. The smallest absolute Gasteiger partial charge is 0.259 e. The number of Topliss-reactive ketones (excluding diaryl/α,β-unsaturated/α-hetero) is 1. The van der Waals surface area contributed by atoms with Gasteiger partial charge in [0.2, 0.25) is 0 Å². The predicted octanol–water partition coefficient (Wildman–Crippen LogP) is 8.86. The number of methoxy groups -OCH3 is 1. The van der Waals surface area contributed by atoms with E-state index in [-0.39, 0.29) is 23.0 Å². The Balaban J connectivity index is 1.51. The number of carbonyl (C=O) groups is 2. The van der Waals surface area contributed by atoms with Gasteiger partial charge in [0.1, 0.15) is 5.75 Å². The molecule has 0 spiro atoms. The average molecular weight is 591 g/mol. The van der Waals surface area contributed by atoms with Gasteiger partial charge in [-0.1, -0.05) is 87.0 Å². The summed E-state index contributed by atoms with van der Waals surface area (Å²) >= 11 is 6.84. The zero-order valence-corrected chi connectivity index (χ0v) is 25.6. The summed E-state index contributed by atoms with van der Waals surface area (Å²) < 4.78 is 5.33. The number of ether oxygens (including phenoxy) is 1. The Hall–Kier alpha value is -4.35. The zero-order chi connectivity index (χ0) is 30.3. The molecule has 1 aliphatic carbocycles. The third-order valence-corrected chi connectivity index (χ3v) is 8.84. The average Bonchev–Trinajstić information content (AvgIpc) is 3.15. The Morgan fingerprint density at radius 2 is 1.56 bits per heavy atom. The van der Waals surface area contributed by atoms with Crippen LogP contribution in [0, 0.1) is 0 Å². The van der Waals surface area contributed by atoms with Crippen molar-refractivity contribution in [2.45, 2.75) is 51.0 Å². The highest BCUT2D eigenvalue weighted by molar-refractivity contribution is 6.31. The van der Waals surface area contributed by atoms with E-state index < -0.39 is 6.04 Å². The molecule has 1 amide bonds. The number of nitrogens with one attached hydrogen (secondary N) is 1. The van der Waals surface area contributed by atoms with Gasteiger partial charge in [-0.2, -0.15) is 0 Å². The van der Waals surface area contributed by atoms with Crippen molar-refractivity contribution in [2.24, 2.45) is 0 Å². The van der Waals surface area contributed by atoms with Crippen molar-refractivity contribution in [3.63, 3.8) is 0 Å². The van der Waals surface area contributed by atoms with Crippen molar-refractivity contribution >= 4 is 34.7 Å². The van der Waals surface area contributed by atoms with Gasteiger partial charge in [0.05, 0.1) is 24.5 Å². The third-order valence-electron chi connectivity index (χ3n) is 8.49. The van der Waals surface area contributed by atoms with Crippen LogP contribution in [0.3, 0.4) is 0 Å². The molecule has 0 radical (unpaired) electrons. The Labute approximate surface area is 258 Å². The molecular weight excluding hydrogens is 556 g/mol. The number of rotatable bonds is 4. The lowest BCUT2D eigenvalue weighted by molar-refractivity contribution is -0.116. The standard InChI is InChI=1S/C37H35ClN2O3/c1-37(2,3)26-17-13-23(14-18-26)25-21-31-34(33(41)22-25)35(28-9-5-6-10-29(28)38)40(32-12-8-7-11-30(32)39-31)36(42)24-15-19-27(43-4)20-16-24/h5-20,25,35,39H,21-22H2,1-4H3/t25-,35-/m0/s1. The first-order chi connectivity index (χ1) is 20.7. The molecule has 1 aliphatic heterocycles. The number of para-hydroxylation sites is 2. The quantitative estimate of drug-likeness (QED) is 0.258. The minimum atomic E-state index is -0.717. The van der Waals surface area contributed by atoms with Crippen LogP contribution in [-0.2, 0) is 10.2 Å². The van der Waals surface area contributed by atoms with Gasteiger partial charge < -0.3 is 10.1 Å². The molecule has 0 fully saturated rings. The van der Waals surface area contributed by atoms with Crippen LogP contribution in [0.2, 0.25) is 5.02 Å². The maximum atomic E-state index is 14.5. The summed E-state index contributed by atoms with van der Waals surface area (Å²) in [6.45, 7) is 6.60. The summed E-state index contributed by atoms with van der Waals surface area (Å²) in [4.78, 5) is 30.5. The van der Waals surface area contributed by atoms with Crippen LogP contribution in [0.4, 0.5) is 11.4 Å². The fourth-order valence-electron chi connectivity index (χ4n) is 6.17. The fraction of sp³-hybridized carbons (Fsp3) is 0.243. The van der Waals surface area contributed by atoms with Gasteiger partial charge in [0.15, 0.2) is 5.78 Å². The van der Waals surface area contributed by atoms with E-state index >= 15 is 0 Å². The SMILES string of the molecule is COc1ccc(C(=O)N2c3ccccc3NC3=C(C(=O)C[C@@H](c4ccc(C(C)(C)C)cc4)C3)[C@@H]2c2ccccc2Cl)cc1. The van der Waals surface area contributed by atoms with Crippen molar-refractivity contribution in [2.75, 3.05) is 17.3 Å². The van der Waals surface area contributed by atoms with Gasteiger partial charge in [0.25, 0.3) is 5.91 Å². The molecule has 43 heavy (non-hydrogen) atoms. The summed E-state index contributed by atoms with van der Waals surface area (Å²) in [7, 11) is 1.59. The summed E-state index contributed by atoms with van der Waals surface area (Å²) in [5.74, 6) is 0.439. The summed E-state index contributed by atoms with van der Waals surface area (Å²) in [6, 6.07) is 30.2. The van der Waals surface area contributed by atoms with Crippen LogP contribution in [0.5, 0.6) is 5.75 Å². The number of nitrogens with zero attached hydrogens (tertiary/aromatic N) is 1. The molecule has 2 aliphatic rings. The second-order valence-corrected chi connectivity index (χ2v) is 12.7. The number of carbonyl (C=O) groups excluding carboxylic acids is 2. The Bertz CT molecular complexity index is 1720. The van der Waals surface area contributed by atoms with Crippen LogP contribution >= 0.6 is 11.6 Å². The first-order valence-electron chi connectivity index (χ1n) is 14.6. The molecule has 1 N–H and O–H groups in total. The van der Waals surface area contributed by atoms with Gasteiger partial charge in [0, 0.05) is 28.3 Å². The highest BCUT2D eigenvalue weighted by Crippen LogP contribution is 2.49. The molecule has 5 nitrogen and oxygen atoms in total. The number of allylic oxidation sites excluding steroid dienone is 1. The number of fused-ring (bicyclic) bond motifs is 1. The number of halogens is 1. The van der Waals surface area contributed by atoms with Gasteiger partial charge in [-0.05, 0) is 76.9 Å². The number of amides is 1. The van der Waals surface area contributed by atoms with Crippen LogP contribution in [0.25, 0.3) is 0 Å². The number of hydrogen-bond acceptors (Lipinski definition) is 4. The zero-order valence-electron chi connectivity index (χ0n) is 24.9. The molecule has 0 saturated carbocycles. The molecule has 6 rings (SSSR count). The number of hydrogen-bond donors (Lipinski definition) is 1. The third kappa shape index (κ3) is 5.46. The van der Waals surface area contributed by atoms with Crippen molar-refractivity contribution in [3.05, 3.63) is 136 Å². The van der Waals surface area contributed by atoms with E-state index in [0.29, 0.717) is 46.0 Å². The Morgan fingerprint density at radius 1 is 0.884 bits per heavy atom. The molecule has 0 aromatic heterocycles. The van der Waals surface area contributed by atoms with Crippen molar-refractivity contribution in [1.82, 2.24) is 0 Å². The molecule has 1 heterocycles. The topological polar surface area (TPSA) is 58.6 Å². The molecular formula is C37H35ClN2O3. The van der Waals surface area contributed by atoms with Gasteiger partial charge >= 0.3 is 0 Å². The molecule has 0 bridgehead atoms. The number of ketones is 1. The number of benzene rings is 4. The van der Waals surface area contributed by atoms with Gasteiger partial charge in [-0.25, -0.2) is 0 Å². The maximum Gasteiger partial charge on any atom is 0.259 e. The highest BCUT2D eigenvalue weighted by atomic mass is 35.5. The largest absolute Gasteiger partial charge is 0.497 e. The van der Waals surface area contributed by atoms with E-state index in [4.69, 9.17) is 16.3 Å². The lowest BCUT2D eigenvalue weighted by atomic mass is 9.77. The van der Waals surface area contributed by atoms with E-state index in [1.165, 1.54) is 5.56 Å². The Morgan fingerprint density at radius 3 is 2.23 bits per heavy atom. The lowest BCUT2D eigenvalue weighted by Crippen LogP contribution is -2.38. The highest BCUT2D eigenvalue weighted by Gasteiger charge is 2.42. The predicted molar refractivity (Wildman–Crippen MR) is 173 cm³/mol. The van der Waals surface area contributed by atoms with Crippen molar-refractivity contribution in [3.8, 4) is 5.75 Å².